The van der Waals surface area contributed by atoms with Crippen molar-refractivity contribution in [1.82, 2.24) is 20.0 Å². The van der Waals surface area contributed by atoms with Crippen LogP contribution in [0.5, 0.6) is 0 Å². The summed E-state index contributed by atoms with van der Waals surface area (Å²) in [4.78, 5) is 17.4. The van der Waals surface area contributed by atoms with Gasteiger partial charge < -0.3 is 9.32 Å². The van der Waals surface area contributed by atoms with Gasteiger partial charge in [-0.05, 0) is 37.2 Å². The van der Waals surface area contributed by atoms with E-state index < -0.39 is 0 Å². The lowest BCUT2D eigenvalue weighted by molar-refractivity contribution is 0.0646. The summed E-state index contributed by atoms with van der Waals surface area (Å²) >= 11 is 0. The number of rotatable bonds is 2. The highest BCUT2D eigenvalue weighted by atomic mass is 16.3. The van der Waals surface area contributed by atoms with Gasteiger partial charge in [-0.1, -0.05) is 6.07 Å². The van der Waals surface area contributed by atoms with Crippen molar-refractivity contribution in [2.75, 3.05) is 20.1 Å². The van der Waals surface area contributed by atoms with Crippen molar-refractivity contribution in [3.63, 3.8) is 0 Å². The number of piperazine rings is 1. The molecule has 3 aromatic rings. The van der Waals surface area contributed by atoms with E-state index in [1.165, 1.54) is 0 Å². The molecule has 2 bridgehead atoms. The van der Waals surface area contributed by atoms with E-state index in [0.717, 1.165) is 41.5 Å². The maximum atomic E-state index is 13.0. The number of hydrogen-bond donors (Lipinski definition) is 1. The minimum Gasteiger partial charge on any atom is -0.472 e. The first kappa shape index (κ1) is 13.8. The van der Waals surface area contributed by atoms with Gasteiger partial charge in [0.1, 0.15) is 0 Å². The zero-order valence-corrected chi connectivity index (χ0v) is 13.4. The van der Waals surface area contributed by atoms with Crippen LogP contribution in [-0.2, 0) is 0 Å². The van der Waals surface area contributed by atoms with E-state index in [9.17, 15) is 4.79 Å². The van der Waals surface area contributed by atoms with Gasteiger partial charge in [-0.25, -0.2) is 0 Å². The van der Waals surface area contributed by atoms with Gasteiger partial charge in [0.2, 0.25) is 0 Å². The number of carbonyl (C=O) groups is 1. The number of fused-ring (bicyclic) bond motifs is 3. The maximum absolute atomic E-state index is 13.0. The maximum Gasteiger partial charge on any atom is 0.275 e. The molecule has 2 atom stereocenters. The van der Waals surface area contributed by atoms with Crippen LogP contribution in [-0.4, -0.2) is 58.1 Å². The summed E-state index contributed by atoms with van der Waals surface area (Å²) < 4.78 is 5.16. The average Bonchev–Trinajstić information content (AvgIpc) is 3.35. The third-order valence-electron chi connectivity index (χ3n) is 5.40. The predicted molar refractivity (Wildman–Crippen MR) is 89.7 cm³/mol. The minimum atomic E-state index is 0.0335. The Balaban J connectivity index is 1.53. The molecule has 2 aromatic heterocycles. The third-order valence-corrected chi connectivity index (χ3v) is 5.40. The van der Waals surface area contributed by atoms with E-state index in [1.54, 1.807) is 12.5 Å². The molecule has 6 nitrogen and oxygen atoms in total. The Kier molecular flexibility index (Phi) is 2.84. The molecule has 2 fully saturated rings. The molecule has 1 amide bonds. The normalized spacial score (nSPS) is 23.5. The van der Waals surface area contributed by atoms with Crippen LogP contribution in [0.2, 0.25) is 0 Å². The highest BCUT2D eigenvalue weighted by molar-refractivity contribution is 6.06. The summed E-state index contributed by atoms with van der Waals surface area (Å²) in [7, 11) is 2.13. The van der Waals surface area contributed by atoms with Crippen LogP contribution in [0.15, 0.2) is 41.2 Å². The molecule has 2 aliphatic rings. The lowest BCUT2D eigenvalue weighted by Crippen LogP contribution is -2.47. The van der Waals surface area contributed by atoms with Crippen molar-refractivity contribution < 1.29 is 9.21 Å². The summed E-state index contributed by atoms with van der Waals surface area (Å²) in [5.74, 6) is 0.0335. The Hall–Kier alpha value is -2.60. The molecular weight excluding hydrogens is 304 g/mol. The van der Waals surface area contributed by atoms with Gasteiger partial charge in [0.05, 0.1) is 18.0 Å². The van der Waals surface area contributed by atoms with Gasteiger partial charge in [0.25, 0.3) is 5.91 Å². The number of benzene rings is 1. The van der Waals surface area contributed by atoms with Crippen LogP contribution in [0, 0.1) is 0 Å². The second kappa shape index (κ2) is 4.95. The summed E-state index contributed by atoms with van der Waals surface area (Å²) in [5, 5.41) is 8.17. The molecule has 24 heavy (non-hydrogen) atoms. The Morgan fingerprint density at radius 1 is 1.25 bits per heavy atom. The molecule has 0 saturated carbocycles. The zero-order valence-electron chi connectivity index (χ0n) is 13.4. The molecule has 5 rings (SSSR count). The largest absolute Gasteiger partial charge is 0.472 e. The number of likely N-dealkylation sites (N-methyl/N-ethyl adjacent to an activating group) is 1. The van der Waals surface area contributed by atoms with E-state index in [4.69, 9.17) is 4.42 Å². The Bertz CT molecular complexity index is 912. The van der Waals surface area contributed by atoms with Crippen molar-refractivity contribution in [3.05, 3.63) is 42.5 Å². The molecule has 1 N–H and O–H groups in total. The SMILES string of the molecule is CN1C[C@@H]2C[C@H]1CN2C(=O)c1n[nH]c2ccc(-c3ccoc3)cc12. The van der Waals surface area contributed by atoms with Crippen LogP contribution in [0.1, 0.15) is 16.9 Å². The summed E-state index contributed by atoms with van der Waals surface area (Å²) in [6.45, 7) is 1.76. The monoisotopic (exact) mass is 322 g/mol. The Morgan fingerprint density at radius 3 is 2.88 bits per heavy atom. The first-order chi connectivity index (χ1) is 11.7. The van der Waals surface area contributed by atoms with E-state index in [0.29, 0.717) is 17.8 Å². The molecule has 0 radical (unpaired) electrons. The topological polar surface area (TPSA) is 65.4 Å². The lowest BCUT2D eigenvalue weighted by atomic mass is 10.1. The molecular formula is C18H18N4O2. The number of nitrogens with zero attached hydrogens (tertiary/aromatic N) is 3. The predicted octanol–water partition coefficient (Wildman–Crippen LogP) is 2.35. The highest BCUT2D eigenvalue weighted by Crippen LogP contribution is 2.32. The van der Waals surface area contributed by atoms with E-state index in [1.807, 2.05) is 29.2 Å². The standard InChI is InChI=1S/C18H18N4O2/c1-21-8-14-7-13(21)9-22(14)18(23)17-15-6-11(12-4-5-24-10-12)2-3-16(15)19-20-17/h2-6,10,13-14H,7-9H2,1H3,(H,19,20)/t13-,14-/m0/s1. The number of amides is 1. The number of furan rings is 1. The molecule has 0 spiro atoms. The summed E-state index contributed by atoms with van der Waals surface area (Å²) in [5.41, 5.74) is 3.42. The van der Waals surface area contributed by atoms with Gasteiger partial charge in [-0.3, -0.25) is 14.8 Å². The highest BCUT2D eigenvalue weighted by Gasteiger charge is 2.44. The van der Waals surface area contributed by atoms with Crippen LogP contribution >= 0.6 is 0 Å². The number of likely N-dealkylation sites (tertiary alicyclic amines) is 2. The van der Waals surface area contributed by atoms with E-state index >= 15 is 0 Å². The van der Waals surface area contributed by atoms with Gasteiger partial charge in [0.15, 0.2) is 5.69 Å². The van der Waals surface area contributed by atoms with Crippen LogP contribution in [0.25, 0.3) is 22.0 Å². The average molecular weight is 322 g/mol. The number of H-pyrrole nitrogens is 1. The van der Waals surface area contributed by atoms with Crippen LogP contribution in [0.4, 0.5) is 0 Å². The number of hydrogen-bond acceptors (Lipinski definition) is 4. The van der Waals surface area contributed by atoms with Crippen molar-refractivity contribution in [2.24, 2.45) is 0 Å². The van der Waals surface area contributed by atoms with Crippen molar-refractivity contribution in [3.8, 4) is 11.1 Å². The molecule has 2 saturated heterocycles. The second-order valence-electron chi connectivity index (χ2n) is 6.79. The fourth-order valence-corrected chi connectivity index (χ4v) is 4.04. The fourth-order valence-electron chi connectivity index (χ4n) is 4.04. The van der Waals surface area contributed by atoms with Gasteiger partial charge >= 0.3 is 0 Å². The second-order valence-corrected chi connectivity index (χ2v) is 6.79. The number of aromatic nitrogens is 2. The Labute approximate surface area is 139 Å². The van der Waals surface area contributed by atoms with Crippen molar-refractivity contribution >= 4 is 16.8 Å². The van der Waals surface area contributed by atoms with Gasteiger partial charge in [0, 0.05) is 36.1 Å². The van der Waals surface area contributed by atoms with Gasteiger partial charge in [-0.15, -0.1) is 0 Å². The molecule has 2 aliphatic heterocycles. The summed E-state index contributed by atoms with van der Waals surface area (Å²) in [6.07, 6.45) is 4.43. The quantitative estimate of drug-likeness (QED) is 0.786. The number of carbonyl (C=O) groups excluding carboxylic acids is 1. The number of nitrogens with one attached hydrogen (secondary N) is 1. The lowest BCUT2D eigenvalue weighted by Gasteiger charge is -2.31. The molecule has 6 heteroatoms. The molecule has 1 aromatic carbocycles. The molecule has 0 aliphatic carbocycles. The first-order valence-electron chi connectivity index (χ1n) is 8.22. The molecule has 122 valence electrons. The van der Waals surface area contributed by atoms with Crippen LogP contribution < -0.4 is 0 Å². The van der Waals surface area contributed by atoms with Crippen LogP contribution in [0.3, 0.4) is 0 Å². The number of aromatic amines is 1. The van der Waals surface area contributed by atoms with E-state index in [-0.39, 0.29) is 5.91 Å². The summed E-state index contributed by atoms with van der Waals surface area (Å²) in [6, 6.07) is 8.70. The zero-order chi connectivity index (χ0) is 16.3. The molecule has 4 heterocycles. The minimum absolute atomic E-state index is 0.0335. The Morgan fingerprint density at radius 2 is 2.17 bits per heavy atom. The third kappa shape index (κ3) is 1.93. The van der Waals surface area contributed by atoms with E-state index in [2.05, 4.69) is 22.1 Å². The fraction of sp³-hybridized carbons (Fsp3) is 0.333. The molecule has 0 unspecified atom stereocenters. The first-order valence-corrected chi connectivity index (χ1v) is 8.22. The van der Waals surface area contributed by atoms with Crippen molar-refractivity contribution in [2.45, 2.75) is 18.5 Å². The smallest absolute Gasteiger partial charge is 0.275 e. The van der Waals surface area contributed by atoms with Gasteiger partial charge in [-0.2, -0.15) is 5.10 Å². The van der Waals surface area contributed by atoms with Crippen molar-refractivity contribution in [1.29, 1.82) is 0 Å².